The van der Waals surface area contributed by atoms with E-state index in [4.69, 9.17) is 5.11 Å². The second-order valence-corrected chi connectivity index (χ2v) is 3.98. The Labute approximate surface area is 106 Å². The Kier molecular flexibility index (Phi) is 3.16. The van der Waals surface area contributed by atoms with Gasteiger partial charge in [0.2, 0.25) is 0 Å². The number of benzene rings is 1. The maximum Gasteiger partial charge on any atom is 0.352 e. The fraction of sp³-hybridized carbons (Fsp3) is 0.0769. The molecule has 1 heterocycles. The zero-order valence-corrected chi connectivity index (χ0v) is 9.85. The standard InChI is InChI=1S/C13H9F2NO3/c1-16-6-7(4-11(16)13(18)19)12(17)9-3-2-8(14)5-10(9)15/h2-6H,1H3,(H,18,19). The molecule has 6 heteroatoms. The Morgan fingerprint density at radius 1 is 1.21 bits per heavy atom. The number of aryl methyl sites for hydroxylation is 1. The summed E-state index contributed by atoms with van der Waals surface area (Å²) in [5.41, 5.74) is -0.361. The van der Waals surface area contributed by atoms with Crippen molar-refractivity contribution in [3.8, 4) is 0 Å². The lowest BCUT2D eigenvalue weighted by Gasteiger charge is -2.00. The fourth-order valence-electron chi connectivity index (χ4n) is 1.73. The monoisotopic (exact) mass is 265 g/mol. The number of carboxylic acids is 1. The Bertz CT molecular complexity index is 677. The van der Waals surface area contributed by atoms with Gasteiger partial charge in [-0.15, -0.1) is 0 Å². The molecule has 2 aromatic rings. The normalized spacial score (nSPS) is 10.5. The number of carbonyl (C=O) groups is 2. The number of ketones is 1. The number of nitrogens with zero attached hydrogens (tertiary/aromatic N) is 1. The smallest absolute Gasteiger partial charge is 0.352 e. The molecule has 2 rings (SSSR count). The van der Waals surface area contributed by atoms with Gasteiger partial charge in [-0.05, 0) is 18.2 Å². The first-order valence-electron chi connectivity index (χ1n) is 5.29. The third-order valence-corrected chi connectivity index (χ3v) is 2.66. The molecule has 19 heavy (non-hydrogen) atoms. The number of carboxylic acid groups (broad SMARTS) is 1. The number of carbonyl (C=O) groups excluding carboxylic acids is 1. The van der Waals surface area contributed by atoms with Gasteiger partial charge in [0.1, 0.15) is 17.3 Å². The number of hydrogen-bond donors (Lipinski definition) is 1. The average Bonchev–Trinajstić information content (AvgIpc) is 2.70. The number of rotatable bonds is 3. The van der Waals surface area contributed by atoms with E-state index >= 15 is 0 Å². The second-order valence-electron chi connectivity index (χ2n) is 3.98. The van der Waals surface area contributed by atoms with Gasteiger partial charge in [0.15, 0.2) is 5.78 Å². The van der Waals surface area contributed by atoms with Crippen LogP contribution in [0, 0.1) is 11.6 Å². The van der Waals surface area contributed by atoms with Crippen LogP contribution in [0.3, 0.4) is 0 Å². The van der Waals surface area contributed by atoms with E-state index in [2.05, 4.69) is 0 Å². The van der Waals surface area contributed by atoms with Crippen molar-refractivity contribution >= 4 is 11.8 Å². The van der Waals surface area contributed by atoms with Gasteiger partial charge in [-0.3, -0.25) is 4.79 Å². The molecule has 0 bridgehead atoms. The van der Waals surface area contributed by atoms with Crippen molar-refractivity contribution in [2.24, 2.45) is 7.05 Å². The molecular weight excluding hydrogens is 256 g/mol. The lowest BCUT2D eigenvalue weighted by molar-refractivity contribution is 0.0686. The average molecular weight is 265 g/mol. The summed E-state index contributed by atoms with van der Waals surface area (Å²) in [7, 11) is 1.46. The number of hydrogen-bond acceptors (Lipinski definition) is 2. The maximum absolute atomic E-state index is 13.5. The van der Waals surface area contributed by atoms with Gasteiger partial charge in [0.25, 0.3) is 0 Å². The van der Waals surface area contributed by atoms with Gasteiger partial charge in [0, 0.05) is 24.9 Å². The topological polar surface area (TPSA) is 59.3 Å². The van der Waals surface area contributed by atoms with Crippen molar-refractivity contribution in [2.45, 2.75) is 0 Å². The number of halogens is 2. The summed E-state index contributed by atoms with van der Waals surface area (Å²) in [6.07, 6.45) is 1.29. The van der Waals surface area contributed by atoms with Gasteiger partial charge in [-0.25, -0.2) is 13.6 Å². The van der Waals surface area contributed by atoms with Crippen LogP contribution in [0.5, 0.6) is 0 Å². The lowest BCUT2D eigenvalue weighted by atomic mass is 10.1. The molecule has 0 amide bonds. The van der Waals surface area contributed by atoms with Gasteiger partial charge >= 0.3 is 5.97 Å². The molecule has 0 saturated carbocycles. The van der Waals surface area contributed by atoms with E-state index in [1.165, 1.54) is 17.8 Å². The first-order valence-corrected chi connectivity index (χ1v) is 5.29. The van der Waals surface area contributed by atoms with E-state index in [0.717, 1.165) is 18.2 Å². The molecule has 0 atom stereocenters. The first kappa shape index (κ1) is 12.9. The van der Waals surface area contributed by atoms with Crippen molar-refractivity contribution in [1.29, 1.82) is 0 Å². The molecule has 0 saturated heterocycles. The minimum Gasteiger partial charge on any atom is -0.477 e. The Hall–Kier alpha value is -2.50. The highest BCUT2D eigenvalue weighted by molar-refractivity contribution is 6.10. The Balaban J connectivity index is 2.44. The molecule has 0 fully saturated rings. The zero-order valence-electron chi connectivity index (χ0n) is 9.85. The van der Waals surface area contributed by atoms with E-state index < -0.39 is 23.4 Å². The molecule has 0 unspecified atom stereocenters. The largest absolute Gasteiger partial charge is 0.477 e. The van der Waals surface area contributed by atoms with E-state index in [1.54, 1.807) is 0 Å². The summed E-state index contributed by atoms with van der Waals surface area (Å²) in [5.74, 6) is -3.65. The van der Waals surface area contributed by atoms with Crippen LogP contribution in [0.2, 0.25) is 0 Å². The zero-order chi connectivity index (χ0) is 14.2. The highest BCUT2D eigenvalue weighted by Crippen LogP contribution is 2.17. The molecule has 1 aromatic heterocycles. The third-order valence-electron chi connectivity index (χ3n) is 2.66. The van der Waals surface area contributed by atoms with Crippen LogP contribution in [-0.2, 0) is 7.05 Å². The summed E-state index contributed by atoms with van der Waals surface area (Å²) >= 11 is 0. The van der Waals surface area contributed by atoms with Crippen LogP contribution in [-0.4, -0.2) is 21.4 Å². The fourth-order valence-corrected chi connectivity index (χ4v) is 1.73. The van der Waals surface area contributed by atoms with Crippen LogP contribution in [0.25, 0.3) is 0 Å². The highest BCUT2D eigenvalue weighted by Gasteiger charge is 2.19. The van der Waals surface area contributed by atoms with E-state index in [9.17, 15) is 18.4 Å². The molecule has 0 spiro atoms. The second kappa shape index (κ2) is 4.64. The molecule has 0 aliphatic carbocycles. The third kappa shape index (κ3) is 2.37. The van der Waals surface area contributed by atoms with Gasteiger partial charge in [-0.2, -0.15) is 0 Å². The Morgan fingerprint density at radius 3 is 2.42 bits per heavy atom. The molecule has 1 N–H and O–H groups in total. The quantitative estimate of drug-likeness (QED) is 0.866. The van der Waals surface area contributed by atoms with Gasteiger partial charge < -0.3 is 9.67 Å². The summed E-state index contributed by atoms with van der Waals surface area (Å²) in [5, 5.41) is 8.87. The van der Waals surface area contributed by atoms with E-state index in [0.29, 0.717) is 6.07 Å². The molecular formula is C13H9F2NO3. The molecule has 0 aliphatic heterocycles. The van der Waals surface area contributed by atoms with Crippen molar-refractivity contribution < 1.29 is 23.5 Å². The number of aromatic nitrogens is 1. The summed E-state index contributed by atoms with van der Waals surface area (Å²) in [6.45, 7) is 0. The SMILES string of the molecule is Cn1cc(C(=O)c2ccc(F)cc2F)cc1C(=O)O. The van der Waals surface area contributed by atoms with Crippen molar-refractivity contribution in [1.82, 2.24) is 4.57 Å². The predicted octanol–water partition coefficient (Wildman–Crippen LogP) is 2.23. The molecule has 0 radical (unpaired) electrons. The van der Waals surface area contributed by atoms with Crippen molar-refractivity contribution in [3.05, 3.63) is 58.9 Å². The predicted molar refractivity (Wildman–Crippen MR) is 62.2 cm³/mol. The molecule has 98 valence electrons. The first-order chi connectivity index (χ1) is 8.90. The van der Waals surface area contributed by atoms with Crippen LogP contribution >= 0.6 is 0 Å². The van der Waals surface area contributed by atoms with E-state index in [1.807, 2.05) is 0 Å². The van der Waals surface area contributed by atoms with Crippen LogP contribution < -0.4 is 0 Å². The van der Waals surface area contributed by atoms with Crippen LogP contribution in [0.15, 0.2) is 30.5 Å². The highest BCUT2D eigenvalue weighted by atomic mass is 19.1. The summed E-state index contributed by atoms with van der Waals surface area (Å²) in [6, 6.07) is 3.75. The minimum absolute atomic E-state index is 0.0328. The van der Waals surface area contributed by atoms with Crippen molar-refractivity contribution in [3.63, 3.8) is 0 Å². The van der Waals surface area contributed by atoms with Crippen LogP contribution in [0.4, 0.5) is 8.78 Å². The number of aromatic carboxylic acids is 1. The summed E-state index contributed by atoms with van der Waals surface area (Å²) < 4.78 is 27.5. The van der Waals surface area contributed by atoms with Crippen molar-refractivity contribution in [2.75, 3.05) is 0 Å². The van der Waals surface area contributed by atoms with Gasteiger partial charge in [0.05, 0.1) is 5.56 Å². The minimum atomic E-state index is -1.19. The summed E-state index contributed by atoms with van der Waals surface area (Å²) in [4.78, 5) is 22.8. The molecule has 1 aromatic carbocycles. The Morgan fingerprint density at radius 2 is 1.89 bits per heavy atom. The molecule has 4 nitrogen and oxygen atoms in total. The van der Waals surface area contributed by atoms with Gasteiger partial charge in [-0.1, -0.05) is 0 Å². The van der Waals surface area contributed by atoms with E-state index in [-0.39, 0.29) is 16.8 Å². The van der Waals surface area contributed by atoms with Crippen LogP contribution in [0.1, 0.15) is 26.4 Å². The lowest BCUT2D eigenvalue weighted by Crippen LogP contribution is -2.03. The maximum atomic E-state index is 13.5. The molecule has 0 aliphatic rings.